The molecule has 2 aliphatic heterocycles. The van der Waals surface area contributed by atoms with Crippen LogP contribution in [0.15, 0.2) is 24.3 Å². The van der Waals surface area contributed by atoms with E-state index in [0.717, 1.165) is 12.2 Å². The summed E-state index contributed by atoms with van der Waals surface area (Å²) in [5.41, 5.74) is -0.161. The molecular formula is C17H21N4O4S. The van der Waals surface area contributed by atoms with Gasteiger partial charge in [-0.05, 0) is 30.6 Å². The van der Waals surface area contributed by atoms with Crippen molar-refractivity contribution in [2.24, 2.45) is 0 Å². The Morgan fingerprint density at radius 2 is 2.04 bits per heavy atom. The number of likely N-dealkylation sites (tertiary alicyclic amines) is 1. The molecule has 2 amide bonds. The molecule has 2 aliphatic rings. The molecule has 1 unspecified atom stereocenters. The number of nitrogens with zero attached hydrogens (tertiary/aromatic N) is 3. The minimum absolute atomic E-state index is 0.0390. The van der Waals surface area contributed by atoms with Crippen LogP contribution in [0, 0.1) is 10.1 Å². The second-order valence-electron chi connectivity index (χ2n) is 6.56. The summed E-state index contributed by atoms with van der Waals surface area (Å²) in [4.78, 5) is 36.6. The maximum Gasteiger partial charge on any atom is 0.269 e. The third kappa shape index (κ3) is 3.83. The molecular weight excluding hydrogens is 356 g/mol. The topological polar surface area (TPSA) is 107 Å². The Labute approximate surface area is 155 Å². The van der Waals surface area contributed by atoms with E-state index in [1.165, 1.54) is 24.3 Å². The Morgan fingerprint density at radius 3 is 2.62 bits per heavy atom. The van der Waals surface area contributed by atoms with Gasteiger partial charge < -0.3 is 4.90 Å². The van der Waals surface area contributed by atoms with Crippen molar-refractivity contribution in [3.63, 3.8) is 0 Å². The first-order chi connectivity index (χ1) is 12.4. The molecule has 2 saturated heterocycles. The van der Waals surface area contributed by atoms with Crippen molar-refractivity contribution in [2.45, 2.75) is 31.0 Å². The molecule has 3 rings (SSSR count). The van der Waals surface area contributed by atoms with Gasteiger partial charge in [0.2, 0.25) is 0 Å². The van der Waals surface area contributed by atoms with E-state index in [1.54, 1.807) is 16.7 Å². The quantitative estimate of drug-likeness (QED) is 0.614. The van der Waals surface area contributed by atoms with E-state index in [9.17, 15) is 19.7 Å². The number of carbonyl (C=O) groups excluding carboxylic acids is 2. The lowest BCUT2D eigenvalue weighted by atomic mass is 9.97. The molecule has 1 spiro atoms. The fourth-order valence-electron chi connectivity index (χ4n) is 3.38. The average Bonchev–Trinajstić information content (AvgIpc) is 2.95. The van der Waals surface area contributed by atoms with Crippen LogP contribution >= 0.6 is 11.8 Å². The van der Waals surface area contributed by atoms with Gasteiger partial charge in [0.05, 0.1) is 11.0 Å². The molecule has 2 fully saturated rings. The van der Waals surface area contributed by atoms with E-state index >= 15 is 0 Å². The summed E-state index contributed by atoms with van der Waals surface area (Å²) in [7, 11) is 0. The predicted octanol–water partition coefficient (Wildman–Crippen LogP) is 1.38. The summed E-state index contributed by atoms with van der Waals surface area (Å²) in [6.45, 7) is 0.990. The van der Waals surface area contributed by atoms with E-state index in [1.807, 2.05) is 6.26 Å². The molecule has 0 aliphatic carbocycles. The molecule has 2 heterocycles. The molecule has 9 heteroatoms. The van der Waals surface area contributed by atoms with Crippen LogP contribution in [0.2, 0.25) is 0 Å². The van der Waals surface area contributed by atoms with Gasteiger partial charge in [-0.1, -0.05) is 0 Å². The van der Waals surface area contributed by atoms with Crippen molar-refractivity contribution >= 4 is 29.3 Å². The Morgan fingerprint density at radius 1 is 1.38 bits per heavy atom. The van der Waals surface area contributed by atoms with Gasteiger partial charge in [0, 0.05) is 43.6 Å². The van der Waals surface area contributed by atoms with E-state index in [-0.39, 0.29) is 23.5 Å². The number of nitro benzene ring substituents is 1. The third-order valence-electron chi connectivity index (χ3n) is 4.88. The van der Waals surface area contributed by atoms with Gasteiger partial charge in [0.1, 0.15) is 5.66 Å². The number of non-ortho nitro benzene ring substituents is 1. The number of benzene rings is 1. The molecule has 8 nitrogen and oxygen atoms in total. The Hall–Kier alpha value is -2.13. The van der Waals surface area contributed by atoms with Gasteiger partial charge in [-0.15, -0.1) is 0 Å². The zero-order valence-electron chi connectivity index (χ0n) is 14.5. The van der Waals surface area contributed by atoms with Gasteiger partial charge in [-0.3, -0.25) is 25.0 Å². The van der Waals surface area contributed by atoms with Crippen LogP contribution in [0.1, 0.15) is 29.6 Å². The second-order valence-corrected chi connectivity index (χ2v) is 7.54. The number of nitrogens with one attached hydrogen (secondary N) is 1. The van der Waals surface area contributed by atoms with Crippen LogP contribution in [0.4, 0.5) is 5.69 Å². The van der Waals surface area contributed by atoms with Crippen LogP contribution in [-0.4, -0.2) is 58.4 Å². The highest BCUT2D eigenvalue weighted by Gasteiger charge is 2.47. The fraction of sp³-hybridized carbons (Fsp3) is 0.529. The fourth-order valence-corrected chi connectivity index (χ4v) is 3.85. The van der Waals surface area contributed by atoms with Gasteiger partial charge >= 0.3 is 0 Å². The van der Waals surface area contributed by atoms with Crippen LogP contribution in [0.3, 0.4) is 0 Å². The largest absolute Gasteiger partial charge is 0.338 e. The lowest BCUT2D eigenvalue weighted by Crippen LogP contribution is -2.56. The van der Waals surface area contributed by atoms with Crippen molar-refractivity contribution in [2.75, 3.05) is 25.1 Å². The molecule has 1 N–H and O–H groups in total. The smallest absolute Gasteiger partial charge is 0.269 e. The van der Waals surface area contributed by atoms with E-state index < -0.39 is 10.6 Å². The summed E-state index contributed by atoms with van der Waals surface area (Å²) in [5.74, 6) is 0.659. The average molecular weight is 377 g/mol. The molecule has 1 aromatic carbocycles. The Balaban J connectivity index is 1.59. The minimum atomic E-state index is -0.549. The first-order valence-corrected chi connectivity index (χ1v) is 9.91. The zero-order chi connectivity index (χ0) is 18.7. The zero-order valence-corrected chi connectivity index (χ0v) is 15.3. The number of carbonyl (C=O) groups is 2. The van der Waals surface area contributed by atoms with Crippen molar-refractivity contribution in [3.8, 4) is 0 Å². The molecule has 0 bridgehead atoms. The van der Waals surface area contributed by atoms with Crippen molar-refractivity contribution in [1.82, 2.24) is 15.5 Å². The highest BCUT2D eigenvalue weighted by Crippen LogP contribution is 2.28. The summed E-state index contributed by atoms with van der Waals surface area (Å²) in [6.07, 6.45) is 3.95. The molecule has 26 heavy (non-hydrogen) atoms. The number of nitro groups is 1. The van der Waals surface area contributed by atoms with Crippen LogP contribution in [0.25, 0.3) is 0 Å². The Bertz CT molecular complexity index is 701. The molecule has 0 aromatic heterocycles. The van der Waals surface area contributed by atoms with Gasteiger partial charge in [-0.2, -0.15) is 11.8 Å². The first-order valence-electron chi connectivity index (χ1n) is 8.51. The third-order valence-corrected chi connectivity index (χ3v) is 5.52. The number of rotatable bonds is 5. The lowest BCUT2D eigenvalue weighted by molar-refractivity contribution is -0.384. The number of hydrogen-bond acceptors (Lipinski definition) is 6. The van der Waals surface area contributed by atoms with E-state index in [2.05, 4.69) is 10.6 Å². The second kappa shape index (κ2) is 7.63. The number of thioether (sulfide) groups is 1. The summed E-state index contributed by atoms with van der Waals surface area (Å²) in [5, 5.41) is 18.4. The maximum absolute atomic E-state index is 12.6. The molecule has 1 atom stereocenters. The highest BCUT2D eigenvalue weighted by atomic mass is 32.2. The first kappa shape index (κ1) is 18.7. The predicted molar refractivity (Wildman–Crippen MR) is 98.0 cm³/mol. The van der Waals surface area contributed by atoms with Gasteiger partial charge in [0.25, 0.3) is 17.5 Å². The maximum atomic E-state index is 12.6. The summed E-state index contributed by atoms with van der Waals surface area (Å²) >= 11 is 1.70. The number of hydrogen-bond donors (Lipinski definition) is 1. The van der Waals surface area contributed by atoms with E-state index in [0.29, 0.717) is 31.5 Å². The van der Waals surface area contributed by atoms with Crippen molar-refractivity contribution < 1.29 is 14.5 Å². The minimum Gasteiger partial charge on any atom is -0.338 e. The molecule has 0 saturated carbocycles. The van der Waals surface area contributed by atoms with Gasteiger partial charge in [0.15, 0.2) is 0 Å². The normalized spacial score (nSPS) is 21.7. The standard InChI is InChI=1S/C17H21N4O4S/c1-26-11-6-14-15(22)19-17(18-14)7-9-20(10-8-17)16(23)12-2-4-13(5-3-12)21(24)25/h2-5,14,18H,6-11H2,1H3. The number of amides is 2. The monoisotopic (exact) mass is 377 g/mol. The molecule has 1 aromatic rings. The highest BCUT2D eigenvalue weighted by molar-refractivity contribution is 7.98. The molecule has 1 radical (unpaired) electrons. The summed E-state index contributed by atoms with van der Waals surface area (Å²) in [6, 6.07) is 5.40. The van der Waals surface area contributed by atoms with Crippen LogP contribution in [-0.2, 0) is 4.79 Å². The van der Waals surface area contributed by atoms with Crippen LogP contribution in [0.5, 0.6) is 0 Å². The van der Waals surface area contributed by atoms with E-state index in [4.69, 9.17) is 0 Å². The molecule has 139 valence electrons. The van der Waals surface area contributed by atoms with Crippen molar-refractivity contribution in [3.05, 3.63) is 39.9 Å². The van der Waals surface area contributed by atoms with Crippen LogP contribution < -0.4 is 10.6 Å². The summed E-state index contributed by atoms with van der Waals surface area (Å²) < 4.78 is 0. The van der Waals surface area contributed by atoms with Gasteiger partial charge in [-0.25, -0.2) is 5.32 Å². The SMILES string of the molecule is CSCCC1NC2(CCN(C(=O)c3ccc([N+](=O)[O-])cc3)CC2)[N]C1=O. The Kier molecular flexibility index (Phi) is 5.47. The number of piperidine rings is 1. The van der Waals surface area contributed by atoms with Crippen molar-refractivity contribution in [1.29, 1.82) is 0 Å². The lowest BCUT2D eigenvalue weighted by Gasteiger charge is -2.38.